The molecule has 3 N–H and O–H groups in total. The van der Waals surface area contributed by atoms with E-state index in [0.29, 0.717) is 12.8 Å². The molecule has 0 radical (unpaired) electrons. The highest BCUT2D eigenvalue weighted by Crippen LogP contribution is 2.43. The quantitative estimate of drug-likeness (QED) is 0.0239. The standard InChI is InChI=1S/C43H75O10P/c1-3-5-7-9-11-13-15-17-19-21-22-24-26-28-30-32-34-42(46)50-38-41(39-52-54(48,49)51-37-40(45)36-44)53-43(47)35-33-31-29-27-25-23-20-18-16-14-12-10-8-6-4-2/h6,8,12,14,18-21,25,27,40-41,44-45H,3-5,7,9-11,13,15-17,22-24,26,28-39H2,1-2H3,(H,48,49)/b8-6-,14-12-,20-18-,21-19-,27-25-/t40-,41+/m0/s1. The molecule has 0 saturated heterocycles. The molecule has 0 rings (SSSR count). The van der Waals surface area contributed by atoms with Crippen LogP contribution in [0, 0.1) is 0 Å². The monoisotopic (exact) mass is 783 g/mol. The fourth-order valence-corrected chi connectivity index (χ4v) is 6.00. The first kappa shape index (κ1) is 51.7. The van der Waals surface area contributed by atoms with Crippen molar-refractivity contribution in [3.05, 3.63) is 60.8 Å². The highest BCUT2D eigenvalue weighted by Gasteiger charge is 2.27. The number of phosphoric ester groups is 1. The summed E-state index contributed by atoms with van der Waals surface area (Å²) in [6.45, 7) is 2.19. The van der Waals surface area contributed by atoms with Gasteiger partial charge in [-0.05, 0) is 77.0 Å². The molecule has 0 fully saturated rings. The fourth-order valence-electron chi connectivity index (χ4n) is 5.21. The molecule has 0 aliphatic carbocycles. The Morgan fingerprint density at radius 3 is 1.59 bits per heavy atom. The first-order chi connectivity index (χ1) is 26.2. The maximum absolute atomic E-state index is 12.6. The summed E-state index contributed by atoms with van der Waals surface area (Å²) in [5.74, 6) is -0.987. The molecule has 312 valence electrons. The molecule has 1 unspecified atom stereocenters. The number of aliphatic hydroxyl groups is 2. The lowest BCUT2D eigenvalue weighted by molar-refractivity contribution is -0.161. The lowest BCUT2D eigenvalue weighted by Gasteiger charge is -2.20. The third-order valence-corrected chi connectivity index (χ3v) is 9.36. The lowest BCUT2D eigenvalue weighted by atomic mass is 10.1. The summed E-state index contributed by atoms with van der Waals surface area (Å²) in [5.41, 5.74) is 0. The molecule has 54 heavy (non-hydrogen) atoms. The molecule has 0 aromatic rings. The second-order valence-electron chi connectivity index (χ2n) is 13.6. The minimum absolute atomic E-state index is 0.128. The number of carbonyl (C=O) groups excluding carboxylic acids is 2. The predicted molar refractivity (Wildman–Crippen MR) is 219 cm³/mol. The van der Waals surface area contributed by atoms with Crippen LogP contribution in [0.25, 0.3) is 0 Å². The number of phosphoric acid groups is 1. The van der Waals surface area contributed by atoms with Gasteiger partial charge in [0.1, 0.15) is 12.7 Å². The van der Waals surface area contributed by atoms with Crippen molar-refractivity contribution < 1.29 is 47.8 Å². The Labute approximate surface area is 327 Å². The number of allylic oxidation sites excluding steroid dienone is 10. The number of unbranched alkanes of at least 4 members (excludes halogenated alkanes) is 14. The first-order valence-corrected chi connectivity index (χ1v) is 22.2. The normalized spacial score (nSPS) is 14.5. The van der Waals surface area contributed by atoms with Crippen LogP contribution in [-0.2, 0) is 32.7 Å². The number of hydrogen-bond donors (Lipinski definition) is 3. The highest BCUT2D eigenvalue weighted by atomic mass is 31.2. The number of hydrogen-bond acceptors (Lipinski definition) is 9. The van der Waals surface area contributed by atoms with Gasteiger partial charge in [0, 0.05) is 12.8 Å². The van der Waals surface area contributed by atoms with Gasteiger partial charge in [-0.2, -0.15) is 0 Å². The molecule has 10 nitrogen and oxygen atoms in total. The summed E-state index contributed by atoms with van der Waals surface area (Å²) < 4.78 is 32.6. The lowest BCUT2D eigenvalue weighted by Crippen LogP contribution is -2.29. The van der Waals surface area contributed by atoms with E-state index in [1.807, 2.05) is 0 Å². The Balaban J connectivity index is 4.41. The number of aliphatic hydroxyl groups excluding tert-OH is 2. The van der Waals surface area contributed by atoms with Crippen LogP contribution in [0.5, 0.6) is 0 Å². The molecule has 0 aliphatic heterocycles. The van der Waals surface area contributed by atoms with Gasteiger partial charge in [-0.1, -0.05) is 132 Å². The molecule has 0 saturated carbocycles. The van der Waals surface area contributed by atoms with Gasteiger partial charge in [0.25, 0.3) is 0 Å². The summed E-state index contributed by atoms with van der Waals surface area (Å²) in [6.07, 6.45) is 41.9. The van der Waals surface area contributed by atoms with Gasteiger partial charge in [0.05, 0.1) is 19.8 Å². The van der Waals surface area contributed by atoms with E-state index in [0.717, 1.165) is 77.0 Å². The summed E-state index contributed by atoms with van der Waals surface area (Å²) in [6, 6.07) is 0. The van der Waals surface area contributed by atoms with Gasteiger partial charge in [0.2, 0.25) is 0 Å². The zero-order valence-electron chi connectivity index (χ0n) is 33.7. The van der Waals surface area contributed by atoms with Crippen LogP contribution in [0.3, 0.4) is 0 Å². The van der Waals surface area contributed by atoms with Crippen molar-refractivity contribution in [2.75, 3.05) is 26.4 Å². The summed E-state index contributed by atoms with van der Waals surface area (Å²) in [5, 5.41) is 18.3. The SMILES string of the molecule is CC/C=C\C/C=C\C/C=C\C/C=C\CCCCC(=O)O[C@H](COC(=O)CCCCCCC/C=C\CCCCCCCCC)COP(=O)(O)OC[C@@H](O)CO. The Morgan fingerprint density at radius 1 is 0.574 bits per heavy atom. The third kappa shape index (κ3) is 38.0. The molecular weight excluding hydrogens is 707 g/mol. The van der Waals surface area contributed by atoms with Crippen LogP contribution in [0.15, 0.2) is 60.8 Å². The Kier molecular flexibility index (Phi) is 37.2. The topological polar surface area (TPSA) is 149 Å². The minimum atomic E-state index is -4.63. The summed E-state index contributed by atoms with van der Waals surface area (Å²) in [4.78, 5) is 34.9. The van der Waals surface area contributed by atoms with E-state index in [1.54, 1.807) is 0 Å². The Bertz CT molecular complexity index is 1080. The van der Waals surface area contributed by atoms with Crippen molar-refractivity contribution in [1.82, 2.24) is 0 Å². The average molecular weight is 783 g/mol. The van der Waals surface area contributed by atoms with Crippen molar-refractivity contribution in [2.24, 2.45) is 0 Å². The van der Waals surface area contributed by atoms with E-state index < -0.39 is 51.8 Å². The van der Waals surface area contributed by atoms with E-state index in [1.165, 1.54) is 44.9 Å². The van der Waals surface area contributed by atoms with Crippen LogP contribution < -0.4 is 0 Å². The van der Waals surface area contributed by atoms with Crippen LogP contribution in [0.1, 0.15) is 162 Å². The largest absolute Gasteiger partial charge is 0.472 e. The van der Waals surface area contributed by atoms with Crippen molar-refractivity contribution in [3.63, 3.8) is 0 Å². The van der Waals surface area contributed by atoms with Gasteiger partial charge < -0.3 is 24.6 Å². The van der Waals surface area contributed by atoms with Crippen LogP contribution in [0.2, 0.25) is 0 Å². The van der Waals surface area contributed by atoms with Crippen LogP contribution in [0.4, 0.5) is 0 Å². The summed E-state index contributed by atoms with van der Waals surface area (Å²) in [7, 11) is -4.63. The maximum Gasteiger partial charge on any atom is 0.472 e. The molecule has 0 heterocycles. The maximum atomic E-state index is 12.6. The van der Waals surface area contributed by atoms with Crippen molar-refractivity contribution in [3.8, 4) is 0 Å². The van der Waals surface area contributed by atoms with Crippen molar-refractivity contribution in [1.29, 1.82) is 0 Å². The molecule has 11 heteroatoms. The first-order valence-electron chi connectivity index (χ1n) is 20.7. The average Bonchev–Trinajstić information content (AvgIpc) is 3.16. The zero-order valence-corrected chi connectivity index (χ0v) is 34.6. The highest BCUT2D eigenvalue weighted by molar-refractivity contribution is 7.47. The fraction of sp³-hybridized carbons (Fsp3) is 0.721. The van der Waals surface area contributed by atoms with E-state index in [2.05, 4.69) is 79.1 Å². The molecule has 0 aliphatic rings. The number of ether oxygens (including phenoxy) is 2. The van der Waals surface area contributed by atoms with E-state index in [-0.39, 0.29) is 19.4 Å². The third-order valence-electron chi connectivity index (χ3n) is 8.41. The second-order valence-corrected chi connectivity index (χ2v) is 15.1. The zero-order chi connectivity index (χ0) is 39.8. The molecule has 3 atom stereocenters. The molecule has 0 bridgehead atoms. The van der Waals surface area contributed by atoms with Gasteiger partial charge in [-0.25, -0.2) is 4.57 Å². The molecule has 0 aromatic carbocycles. The number of esters is 2. The number of carbonyl (C=O) groups is 2. The van der Waals surface area contributed by atoms with Gasteiger partial charge in [-0.3, -0.25) is 18.6 Å². The summed E-state index contributed by atoms with van der Waals surface area (Å²) >= 11 is 0. The predicted octanol–water partition coefficient (Wildman–Crippen LogP) is 10.7. The van der Waals surface area contributed by atoms with E-state index in [9.17, 15) is 24.2 Å². The number of rotatable bonds is 38. The van der Waals surface area contributed by atoms with Gasteiger partial charge >= 0.3 is 19.8 Å². The molecule has 0 aromatic heterocycles. The van der Waals surface area contributed by atoms with Crippen LogP contribution >= 0.6 is 7.82 Å². The molecule has 0 amide bonds. The van der Waals surface area contributed by atoms with Crippen LogP contribution in [-0.4, -0.2) is 65.7 Å². The van der Waals surface area contributed by atoms with E-state index >= 15 is 0 Å². The van der Waals surface area contributed by atoms with E-state index in [4.69, 9.17) is 19.1 Å². The Hall–Kier alpha value is -2.33. The molecular formula is C43H75O10P. The van der Waals surface area contributed by atoms with Gasteiger partial charge in [0.15, 0.2) is 6.10 Å². The second kappa shape index (κ2) is 38.9. The van der Waals surface area contributed by atoms with Crippen molar-refractivity contribution >= 4 is 19.8 Å². The Morgan fingerprint density at radius 2 is 1.02 bits per heavy atom. The minimum Gasteiger partial charge on any atom is -0.462 e. The smallest absolute Gasteiger partial charge is 0.462 e. The van der Waals surface area contributed by atoms with Crippen molar-refractivity contribution in [2.45, 2.75) is 174 Å². The molecule has 0 spiro atoms. The van der Waals surface area contributed by atoms with Gasteiger partial charge in [-0.15, -0.1) is 0 Å².